The lowest BCUT2D eigenvalue weighted by Crippen LogP contribution is -2.56. The smallest absolute Gasteiger partial charge is 0.339 e. The number of amides is 2. The molecule has 1 N–H and O–H groups in total. The largest absolute Gasteiger partial charge is 0.478 e. The number of aryl methyl sites for hydroxylation is 2. The predicted molar refractivity (Wildman–Crippen MR) is 165 cm³/mol. The molecule has 9 heteroatoms. The number of carboxylic acid groups (broad SMARTS) is 1. The van der Waals surface area contributed by atoms with Gasteiger partial charge in [-0.15, -0.1) is 11.3 Å². The second kappa shape index (κ2) is 10.6. The van der Waals surface area contributed by atoms with Crippen LogP contribution < -0.4 is 9.80 Å². The molecule has 7 nitrogen and oxygen atoms in total. The second-order valence-electron chi connectivity index (χ2n) is 10.2. The standard InChI is InChI=1S/C32H27N3O4S2/c1-19-17-21(20(2)33(19)30-27(31(38)39)24-15-9-10-16-26(24)41-30)18-25-28(36)34(22-11-5-3-6-12-22)32(40)35(29(25)37)23-13-7-4-8-14-23/h3-8,11-14,17-18H,9-10,15-16H2,1-2H3,(H,38,39). The molecule has 2 aromatic carbocycles. The van der Waals surface area contributed by atoms with Gasteiger partial charge in [0.25, 0.3) is 11.8 Å². The van der Waals surface area contributed by atoms with E-state index < -0.39 is 17.8 Å². The van der Waals surface area contributed by atoms with E-state index in [-0.39, 0.29) is 10.7 Å². The van der Waals surface area contributed by atoms with Gasteiger partial charge in [-0.2, -0.15) is 0 Å². The number of carbonyl (C=O) groups excluding carboxylic acids is 2. The Bertz CT molecular complexity index is 1690. The summed E-state index contributed by atoms with van der Waals surface area (Å²) in [5.74, 6) is -1.96. The topological polar surface area (TPSA) is 82.9 Å². The van der Waals surface area contributed by atoms with Crippen molar-refractivity contribution in [2.45, 2.75) is 39.5 Å². The van der Waals surface area contributed by atoms with Crippen molar-refractivity contribution in [1.29, 1.82) is 0 Å². The number of carbonyl (C=O) groups is 3. The van der Waals surface area contributed by atoms with E-state index in [1.807, 2.05) is 60.9 Å². The summed E-state index contributed by atoms with van der Waals surface area (Å²) in [6, 6.07) is 19.9. The first-order chi connectivity index (χ1) is 19.8. The lowest BCUT2D eigenvalue weighted by molar-refractivity contribution is -0.120. The van der Waals surface area contributed by atoms with Crippen LogP contribution in [-0.2, 0) is 22.4 Å². The number of aromatic nitrogens is 1. The lowest BCUT2D eigenvalue weighted by atomic mass is 9.95. The number of carboxylic acids is 1. The van der Waals surface area contributed by atoms with Crippen molar-refractivity contribution in [2.75, 3.05) is 9.80 Å². The number of para-hydroxylation sites is 2. The zero-order chi connectivity index (χ0) is 28.8. The average molecular weight is 582 g/mol. The first-order valence-electron chi connectivity index (χ1n) is 13.4. The van der Waals surface area contributed by atoms with Crippen molar-refractivity contribution in [3.05, 3.63) is 105 Å². The molecule has 0 bridgehead atoms. The Morgan fingerprint density at radius 1 is 0.902 bits per heavy atom. The molecule has 0 radical (unpaired) electrons. The highest BCUT2D eigenvalue weighted by Gasteiger charge is 2.41. The first kappa shape index (κ1) is 26.9. The molecule has 0 atom stereocenters. The highest BCUT2D eigenvalue weighted by atomic mass is 32.1. The predicted octanol–water partition coefficient (Wildman–Crippen LogP) is 6.48. The van der Waals surface area contributed by atoms with E-state index in [1.165, 1.54) is 21.1 Å². The maximum absolute atomic E-state index is 13.9. The fraction of sp³-hybridized carbons (Fsp3) is 0.188. The van der Waals surface area contributed by atoms with Gasteiger partial charge in [0.1, 0.15) is 10.6 Å². The number of hydrogen-bond acceptors (Lipinski definition) is 5. The van der Waals surface area contributed by atoms with Gasteiger partial charge in [-0.25, -0.2) is 4.79 Å². The molecule has 2 aliphatic rings. The van der Waals surface area contributed by atoms with Crippen molar-refractivity contribution in [2.24, 2.45) is 0 Å². The molecule has 206 valence electrons. The van der Waals surface area contributed by atoms with E-state index in [0.717, 1.165) is 47.5 Å². The highest BCUT2D eigenvalue weighted by Crippen LogP contribution is 2.39. The maximum Gasteiger partial charge on any atom is 0.339 e. The third-order valence-corrected chi connectivity index (χ3v) is 9.26. The molecule has 2 aromatic heterocycles. The van der Waals surface area contributed by atoms with Crippen molar-refractivity contribution < 1.29 is 19.5 Å². The van der Waals surface area contributed by atoms with Gasteiger partial charge in [0.05, 0.1) is 16.9 Å². The van der Waals surface area contributed by atoms with E-state index in [4.69, 9.17) is 12.2 Å². The molecule has 41 heavy (non-hydrogen) atoms. The van der Waals surface area contributed by atoms with Crippen LogP contribution in [0.3, 0.4) is 0 Å². The molecule has 0 unspecified atom stereocenters. The Labute approximate surface area is 246 Å². The molecule has 4 aromatic rings. The molecular formula is C32H27N3O4S2. The number of benzene rings is 2. The van der Waals surface area contributed by atoms with Crippen LogP contribution in [0.1, 0.15) is 50.6 Å². The molecule has 1 saturated heterocycles. The van der Waals surface area contributed by atoms with E-state index in [2.05, 4.69) is 0 Å². The fourth-order valence-corrected chi connectivity index (χ4v) is 7.54. The summed E-state index contributed by atoms with van der Waals surface area (Å²) >= 11 is 7.23. The first-order valence-corrected chi connectivity index (χ1v) is 14.6. The third-order valence-electron chi connectivity index (χ3n) is 7.62. The number of thiocarbonyl (C=S) groups is 1. The molecule has 1 fully saturated rings. The minimum Gasteiger partial charge on any atom is -0.478 e. The monoisotopic (exact) mass is 581 g/mol. The number of anilines is 2. The van der Waals surface area contributed by atoms with Gasteiger partial charge in [-0.1, -0.05) is 36.4 Å². The quantitative estimate of drug-likeness (QED) is 0.166. The van der Waals surface area contributed by atoms with Crippen LogP contribution in [0.5, 0.6) is 0 Å². The normalized spacial score (nSPS) is 15.4. The van der Waals surface area contributed by atoms with Crippen LogP contribution in [0.15, 0.2) is 72.3 Å². The van der Waals surface area contributed by atoms with Gasteiger partial charge in [-0.3, -0.25) is 19.4 Å². The van der Waals surface area contributed by atoms with Gasteiger partial charge >= 0.3 is 5.97 Å². The minimum atomic E-state index is -0.935. The number of hydrogen-bond donors (Lipinski definition) is 1. The zero-order valence-electron chi connectivity index (χ0n) is 22.6. The van der Waals surface area contributed by atoms with Crippen molar-refractivity contribution >= 4 is 63.9 Å². The number of aromatic carboxylic acids is 1. The lowest BCUT2D eigenvalue weighted by Gasteiger charge is -2.36. The Morgan fingerprint density at radius 3 is 2.02 bits per heavy atom. The van der Waals surface area contributed by atoms with Gasteiger partial charge in [0, 0.05) is 16.3 Å². The molecule has 2 amide bonds. The number of rotatable bonds is 5. The van der Waals surface area contributed by atoms with Gasteiger partial charge in [0.15, 0.2) is 5.11 Å². The minimum absolute atomic E-state index is 0.0320. The summed E-state index contributed by atoms with van der Waals surface area (Å²) < 4.78 is 1.94. The molecule has 1 aliphatic carbocycles. The number of thiophene rings is 1. The molecule has 6 rings (SSSR count). The van der Waals surface area contributed by atoms with Crippen LogP contribution in [0.2, 0.25) is 0 Å². The molecule has 0 saturated carbocycles. The van der Waals surface area contributed by atoms with Crippen LogP contribution in [-0.4, -0.2) is 32.6 Å². The summed E-state index contributed by atoms with van der Waals surface area (Å²) in [7, 11) is 0. The molecule has 1 aliphatic heterocycles. The van der Waals surface area contributed by atoms with Crippen molar-refractivity contribution in [3.8, 4) is 5.00 Å². The summed E-state index contributed by atoms with van der Waals surface area (Å²) in [4.78, 5) is 44.1. The fourth-order valence-electron chi connectivity index (χ4n) is 5.67. The van der Waals surface area contributed by atoms with E-state index >= 15 is 0 Å². The average Bonchev–Trinajstić information content (AvgIpc) is 3.48. The summed E-state index contributed by atoms with van der Waals surface area (Å²) in [5, 5.41) is 10.9. The molecular weight excluding hydrogens is 555 g/mol. The number of fused-ring (bicyclic) bond motifs is 1. The van der Waals surface area contributed by atoms with Crippen LogP contribution in [0.4, 0.5) is 11.4 Å². The van der Waals surface area contributed by atoms with Crippen molar-refractivity contribution in [3.63, 3.8) is 0 Å². The SMILES string of the molecule is Cc1cc(C=C2C(=O)N(c3ccccc3)C(=S)N(c3ccccc3)C2=O)c(C)n1-c1sc2c(c1C(=O)O)CCCC2. The van der Waals surface area contributed by atoms with Crippen LogP contribution >= 0.6 is 23.6 Å². The van der Waals surface area contributed by atoms with E-state index in [9.17, 15) is 19.5 Å². The summed E-state index contributed by atoms with van der Waals surface area (Å²) in [6.45, 7) is 3.79. The number of nitrogens with zero attached hydrogens (tertiary/aromatic N) is 3. The van der Waals surface area contributed by atoms with Gasteiger partial charge in [0.2, 0.25) is 0 Å². The molecule has 3 heterocycles. The van der Waals surface area contributed by atoms with Crippen LogP contribution in [0.25, 0.3) is 11.1 Å². The Kier molecular flexibility index (Phi) is 6.93. The Balaban J connectivity index is 1.50. The summed E-state index contributed by atoms with van der Waals surface area (Å²) in [6.07, 6.45) is 5.27. The second-order valence-corrected chi connectivity index (χ2v) is 11.6. The molecule has 0 spiro atoms. The Hall–Kier alpha value is -4.34. The van der Waals surface area contributed by atoms with E-state index in [1.54, 1.807) is 30.3 Å². The Morgan fingerprint density at radius 2 is 1.46 bits per heavy atom. The van der Waals surface area contributed by atoms with Gasteiger partial charge in [-0.05, 0) is 99.3 Å². The van der Waals surface area contributed by atoms with E-state index in [0.29, 0.717) is 27.5 Å². The maximum atomic E-state index is 13.9. The summed E-state index contributed by atoms with van der Waals surface area (Å²) in [5.41, 5.74) is 4.60. The zero-order valence-corrected chi connectivity index (χ0v) is 24.2. The third kappa shape index (κ3) is 4.51. The van der Waals surface area contributed by atoms with Gasteiger partial charge < -0.3 is 9.67 Å². The van der Waals surface area contributed by atoms with Crippen molar-refractivity contribution in [1.82, 2.24) is 4.57 Å². The highest BCUT2D eigenvalue weighted by molar-refractivity contribution is 7.81. The van der Waals surface area contributed by atoms with Crippen LogP contribution in [0, 0.1) is 13.8 Å².